The van der Waals surface area contributed by atoms with E-state index in [4.69, 9.17) is 4.98 Å². The van der Waals surface area contributed by atoms with Gasteiger partial charge in [-0.3, -0.25) is 4.90 Å². The molecule has 3 rings (SSSR count). The SMILES string of the molecule is CC(C)C(C)N1CCC(Nc2nccc(N3CCCCCC3)n2)C1. The van der Waals surface area contributed by atoms with E-state index in [1.807, 2.05) is 6.20 Å². The second-order valence-electron chi connectivity index (χ2n) is 7.75. The van der Waals surface area contributed by atoms with E-state index < -0.39 is 0 Å². The predicted molar refractivity (Wildman–Crippen MR) is 101 cm³/mol. The van der Waals surface area contributed by atoms with Crippen LogP contribution >= 0.6 is 0 Å². The molecule has 0 amide bonds. The fourth-order valence-electron chi connectivity index (χ4n) is 3.77. The standard InChI is InChI=1S/C19H33N5/c1-15(2)16(3)24-13-9-17(14-24)21-19-20-10-8-18(22-19)23-11-6-4-5-7-12-23/h8,10,15-17H,4-7,9,11-14H2,1-3H3,(H,20,21,22). The fraction of sp³-hybridized carbons (Fsp3) is 0.789. The summed E-state index contributed by atoms with van der Waals surface area (Å²) in [7, 11) is 0. The Morgan fingerprint density at radius 3 is 2.54 bits per heavy atom. The molecule has 0 aliphatic carbocycles. The van der Waals surface area contributed by atoms with Crippen LogP contribution in [0.15, 0.2) is 12.3 Å². The maximum Gasteiger partial charge on any atom is 0.224 e. The van der Waals surface area contributed by atoms with Crippen molar-refractivity contribution in [3.8, 4) is 0 Å². The highest BCUT2D eigenvalue weighted by Gasteiger charge is 2.27. The molecule has 0 spiro atoms. The van der Waals surface area contributed by atoms with Crippen LogP contribution in [0.4, 0.5) is 11.8 Å². The van der Waals surface area contributed by atoms with Gasteiger partial charge in [-0.15, -0.1) is 0 Å². The lowest BCUT2D eigenvalue weighted by Gasteiger charge is -2.27. The van der Waals surface area contributed by atoms with Gasteiger partial charge in [0.25, 0.3) is 0 Å². The Labute approximate surface area is 146 Å². The van der Waals surface area contributed by atoms with Crippen LogP contribution in [0.1, 0.15) is 52.9 Å². The highest BCUT2D eigenvalue weighted by Crippen LogP contribution is 2.21. The van der Waals surface area contributed by atoms with Crippen molar-refractivity contribution in [2.24, 2.45) is 5.92 Å². The van der Waals surface area contributed by atoms with E-state index >= 15 is 0 Å². The lowest BCUT2D eigenvalue weighted by atomic mass is 10.1. The molecule has 5 nitrogen and oxygen atoms in total. The molecule has 3 heterocycles. The number of hydrogen-bond acceptors (Lipinski definition) is 5. The van der Waals surface area contributed by atoms with Crippen molar-refractivity contribution in [1.82, 2.24) is 14.9 Å². The number of aromatic nitrogens is 2. The first-order valence-electron chi connectivity index (χ1n) is 9.72. The van der Waals surface area contributed by atoms with Crippen LogP contribution in [-0.4, -0.2) is 53.1 Å². The van der Waals surface area contributed by atoms with E-state index in [9.17, 15) is 0 Å². The minimum absolute atomic E-state index is 0.464. The largest absolute Gasteiger partial charge is 0.356 e. The van der Waals surface area contributed by atoms with Crippen LogP contribution in [0.5, 0.6) is 0 Å². The average molecular weight is 332 g/mol. The molecule has 134 valence electrons. The molecule has 2 unspecified atom stereocenters. The Morgan fingerprint density at radius 2 is 1.83 bits per heavy atom. The monoisotopic (exact) mass is 331 g/mol. The molecular formula is C19H33N5. The van der Waals surface area contributed by atoms with Gasteiger partial charge in [0.05, 0.1) is 0 Å². The van der Waals surface area contributed by atoms with Crippen molar-refractivity contribution in [2.45, 2.75) is 65.0 Å². The fourth-order valence-corrected chi connectivity index (χ4v) is 3.77. The van der Waals surface area contributed by atoms with Crippen LogP contribution in [0.25, 0.3) is 0 Å². The van der Waals surface area contributed by atoms with Crippen LogP contribution < -0.4 is 10.2 Å². The molecule has 0 radical (unpaired) electrons. The maximum atomic E-state index is 4.79. The smallest absolute Gasteiger partial charge is 0.224 e. The van der Waals surface area contributed by atoms with E-state index in [2.05, 4.69) is 46.9 Å². The third-order valence-electron chi connectivity index (χ3n) is 5.66. The lowest BCUT2D eigenvalue weighted by Crippen LogP contribution is -2.36. The summed E-state index contributed by atoms with van der Waals surface area (Å²) >= 11 is 0. The average Bonchev–Trinajstić information content (AvgIpc) is 2.87. The van der Waals surface area contributed by atoms with Crippen molar-refractivity contribution in [1.29, 1.82) is 0 Å². The van der Waals surface area contributed by atoms with Crippen LogP contribution in [0, 0.1) is 5.92 Å². The van der Waals surface area contributed by atoms with Gasteiger partial charge in [-0.25, -0.2) is 4.98 Å². The summed E-state index contributed by atoms with van der Waals surface area (Å²) < 4.78 is 0. The van der Waals surface area contributed by atoms with E-state index in [0.29, 0.717) is 18.0 Å². The molecule has 1 aromatic rings. The second kappa shape index (κ2) is 8.15. The molecule has 1 aromatic heterocycles. The summed E-state index contributed by atoms with van der Waals surface area (Å²) in [5.74, 6) is 2.58. The van der Waals surface area contributed by atoms with Crippen LogP contribution in [-0.2, 0) is 0 Å². The van der Waals surface area contributed by atoms with Crippen LogP contribution in [0.2, 0.25) is 0 Å². The first kappa shape index (κ1) is 17.5. The number of nitrogens with zero attached hydrogens (tertiary/aromatic N) is 4. The Balaban J connectivity index is 1.59. The van der Waals surface area contributed by atoms with Gasteiger partial charge in [-0.1, -0.05) is 26.7 Å². The molecule has 0 bridgehead atoms. The molecule has 24 heavy (non-hydrogen) atoms. The summed E-state index contributed by atoms with van der Waals surface area (Å²) in [4.78, 5) is 14.3. The number of hydrogen-bond donors (Lipinski definition) is 1. The van der Waals surface area contributed by atoms with Gasteiger partial charge in [0.15, 0.2) is 0 Å². The minimum atomic E-state index is 0.464. The van der Waals surface area contributed by atoms with Gasteiger partial charge in [0, 0.05) is 44.5 Å². The maximum absolute atomic E-state index is 4.79. The quantitative estimate of drug-likeness (QED) is 0.896. The first-order chi connectivity index (χ1) is 11.6. The molecule has 2 aliphatic heterocycles. The number of anilines is 2. The Hall–Kier alpha value is -1.36. The molecule has 1 N–H and O–H groups in total. The topological polar surface area (TPSA) is 44.3 Å². The van der Waals surface area contributed by atoms with Crippen molar-refractivity contribution >= 4 is 11.8 Å². The van der Waals surface area contributed by atoms with Crippen LogP contribution in [0.3, 0.4) is 0 Å². The van der Waals surface area contributed by atoms with E-state index in [0.717, 1.165) is 31.4 Å². The molecule has 2 atom stereocenters. The summed E-state index contributed by atoms with van der Waals surface area (Å²) in [6.07, 6.45) is 8.32. The summed E-state index contributed by atoms with van der Waals surface area (Å²) in [5, 5.41) is 3.57. The highest BCUT2D eigenvalue weighted by atomic mass is 15.3. The first-order valence-corrected chi connectivity index (χ1v) is 9.72. The molecule has 2 aliphatic rings. The zero-order chi connectivity index (χ0) is 16.9. The normalized spacial score (nSPS) is 24.2. The zero-order valence-electron chi connectivity index (χ0n) is 15.5. The Kier molecular flexibility index (Phi) is 5.93. The van der Waals surface area contributed by atoms with Crippen molar-refractivity contribution in [3.05, 3.63) is 12.3 Å². The molecule has 0 aromatic carbocycles. The highest BCUT2D eigenvalue weighted by molar-refractivity contribution is 5.43. The summed E-state index contributed by atoms with van der Waals surface area (Å²) in [6.45, 7) is 11.5. The van der Waals surface area contributed by atoms with Gasteiger partial charge in [0.1, 0.15) is 5.82 Å². The van der Waals surface area contributed by atoms with E-state index in [1.165, 1.54) is 38.6 Å². The third-order valence-corrected chi connectivity index (χ3v) is 5.66. The number of likely N-dealkylation sites (tertiary alicyclic amines) is 1. The predicted octanol–water partition coefficient (Wildman–Crippen LogP) is 3.39. The molecule has 2 saturated heterocycles. The van der Waals surface area contributed by atoms with Gasteiger partial charge in [0.2, 0.25) is 5.95 Å². The Morgan fingerprint density at radius 1 is 1.08 bits per heavy atom. The minimum Gasteiger partial charge on any atom is -0.356 e. The number of rotatable bonds is 5. The lowest BCUT2D eigenvalue weighted by molar-refractivity contribution is 0.207. The summed E-state index contributed by atoms with van der Waals surface area (Å²) in [5.41, 5.74) is 0. The van der Waals surface area contributed by atoms with Gasteiger partial charge < -0.3 is 10.2 Å². The van der Waals surface area contributed by atoms with Crippen molar-refractivity contribution in [2.75, 3.05) is 36.4 Å². The van der Waals surface area contributed by atoms with Crippen molar-refractivity contribution in [3.63, 3.8) is 0 Å². The Bertz CT molecular complexity index is 510. The second-order valence-corrected chi connectivity index (χ2v) is 7.75. The third kappa shape index (κ3) is 4.38. The zero-order valence-corrected chi connectivity index (χ0v) is 15.5. The molecule has 5 heteroatoms. The van der Waals surface area contributed by atoms with Gasteiger partial charge in [-0.2, -0.15) is 4.98 Å². The molecule has 2 fully saturated rings. The van der Waals surface area contributed by atoms with Gasteiger partial charge >= 0.3 is 0 Å². The summed E-state index contributed by atoms with van der Waals surface area (Å²) in [6, 6.07) is 3.16. The molecule has 0 saturated carbocycles. The van der Waals surface area contributed by atoms with Crippen molar-refractivity contribution < 1.29 is 0 Å². The molecular weight excluding hydrogens is 298 g/mol. The number of nitrogens with one attached hydrogen (secondary N) is 1. The van der Waals surface area contributed by atoms with E-state index in [1.54, 1.807) is 0 Å². The van der Waals surface area contributed by atoms with Gasteiger partial charge in [-0.05, 0) is 38.2 Å². The van der Waals surface area contributed by atoms with E-state index in [-0.39, 0.29) is 0 Å².